The van der Waals surface area contributed by atoms with E-state index in [1.54, 1.807) is 14.2 Å². The summed E-state index contributed by atoms with van der Waals surface area (Å²) in [6.45, 7) is 5.09. The van der Waals surface area contributed by atoms with Crippen molar-refractivity contribution in [3.63, 3.8) is 0 Å². The van der Waals surface area contributed by atoms with E-state index in [1.807, 2.05) is 12.1 Å². The van der Waals surface area contributed by atoms with Crippen molar-refractivity contribution < 1.29 is 14.2 Å². The lowest BCUT2D eigenvalue weighted by Crippen LogP contribution is -2.29. The molecule has 106 valence electrons. The molecule has 4 heteroatoms. The Kier molecular flexibility index (Phi) is 4.41. The third-order valence-electron chi connectivity index (χ3n) is 3.83. The number of halogens is 1. The molecule has 0 N–H and O–H groups in total. The molecule has 1 heterocycles. The molecule has 0 amide bonds. The predicted molar refractivity (Wildman–Crippen MR) is 79.5 cm³/mol. The first-order valence-electron chi connectivity index (χ1n) is 6.52. The Morgan fingerprint density at radius 2 is 1.89 bits per heavy atom. The van der Waals surface area contributed by atoms with E-state index < -0.39 is 0 Å². The molecule has 1 aromatic rings. The number of rotatable bonds is 4. The summed E-state index contributed by atoms with van der Waals surface area (Å²) in [4.78, 5) is 0.155. The topological polar surface area (TPSA) is 27.7 Å². The Labute approximate surface area is 123 Å². The van der Waals surface area contributed by atoms with Crippen molar-refractivity contribution in [2.45, 2.75) is 37.1 Å². The molecule has 1 aliphatic heterocycles. The summed E-state index contributed by atoms with van der Waals surface area (Å²) in [5.41, 5.74) is 2.22. The quantitative estimate of drug-likeness (QED) is 0.781. The van der Waals surface area contributed by atoms with Crippen LogP contribution in [0.25, 0.3) is 0 Å². The summed E-state index contributed by atoms with van der Waals surface area (Å²) in [7, 11) is 3.32. The van der Waals surface area contributed by atoms with Gasteiger partial charge in [0.2, 0.25) is 0 Å². The van der Waals surface area contributed by atoms with Gasteiger partial charge in [-0.15, -0.1) is 0 Å². The molecule has 0 saturated carbocycles. The Balaban J connectivity index is 2.38. The monoisotopic (exact) mass is 328 g/mol. The number of methoxy groups -OCH3 is 2. The Morgan fingerprint density at radius 3 is 2.42 bits per heavy atom. The summed E-state index contributed by atoms with van der Waals surface area (Å²) in [6.07, 6.45) is 2.18. The zero-order valence-corrected chi connectivity index (χ0v) is 13.5. The van der Waals surface area contributed by atoms with Crippen LogP contribution in [0.15, 0.2) is 12.1 Å². The van der Waals surface area contributed by atoms with Gasteiger partial charge in [0.15, 0.2) is 11.5 Å². The summed E-state index contributed by atoms with van der Waals surface area (Å²) < 4.78 is 16.6. The minimum absolute atomic E-state index is 0.148. The van der Waals surface area contributed by atoms with E-state index in [0.717, 1.165) is 30.9 Å². The minimum atomic E-state index is -0.148. The number of benzene rings is 1. The molecule has 1 aliphatic rings. The maximum absolute atomic E-state index is 5.92. The normalized spacial score (nSPS) is 24.3. The van der Waals surface area contributed by atoms with Crippen molar-refractivity contribution in [2.24, 2.45) is 0 Å². The zero-order chi connectivity index (χ0) is 14.0. The van der Waals surface area contributed by atoms with Crippen molar-refractivity contribution in [1.29, 1.82) is 0 Å². The molecule has 0 radical (unpaired) electrons. The first-order valence-corrected chi connectivity index (χ1v) is 7.44. The molecule has 0 aromatic heterocycles. The van der Waals surface area contributed by atoms with Gasteiger partial charge >= 0.3 is 0 Å². The van der Waals surface area contributed by atoms with Crippen LogP contribution in [-0.4, -0.2) is 26.4 Å². The number of aryl methyl sites for hydroxylation is 1. The lowest BCUT2D eigenvalue weighted by Gasteiger charge is -2.30. The summed E-state index contributed by atoms with van der Waals surface area (Å²) >= 11 is 3.81. The first kappa shape index (κ1) is 14.7. The number of alkyl halides is 1. The van der Waals surface area contributed by atoms with Crippen LogP contribution in [0, 0.1) is 6.92 Å². The summed E-state index contributed by atoms with van der Waals surface area (Å²) in [6, 6.07) is 4.06. The molecule has 1 fully saturated rings. The van der Waals surface area contributed by atoms with E-state index >= 15 is 0 Å². The molecule has 0 bridgehead atoms. The van der Waals surface area contributed by atoms with E-state index in [0.29, 0.717) is 0 Å². The molecular formula is C15H21BrO3. The van der Waals surface area contributed by atoms with Crippen molar-refractivity contribution in [2.75, 3.05) is 20.8 Å². The largest absolute Gasteiger partial charge is 0.493 e. The summed E-state index contributed by atoms with van der Waals surface area (Å²) in [5.74, 6) is 1.52. The van der Waals surface area contributed by atoms with E-state index in [9.17, 15) is 0 Å². The Hall–Kier alpha value is -0.740. The number of hydrogen-bond donors (Lipinski definition) is 0. The standard InChI is InChI=1S/C15H21BrO3/c1-10-8-12(17-3)13(18-4)9-11(10)14(16)15(2)6-5-7-19-15/h8-9,14H,5-7H2,1-4H3. The van der Waals surface area contributed by atoms with Gasteiger partial charge in [0.25, 0.3) is 0 Å². The third kappa shape index (κ3) is 2.75. The smallest absolute Gasteiger partial charge is 0.161 e. The second-order valence-electron chi connectivity index (χ2n) is 5.19. The van der Waals surface area contributed by atoms with Gasteiger partial charge in [0, 0.05) is 6.61 Å². The third-order valence-corrected chi connectivity index (χ3v) is 5.29. The average molecular weight is 329 g/mol. The van der Waals surface area contributed by atoms with Crippen LogP contribution < -0.4 is 9.47 Å². The Bertz CT molecular complexity index is 453. The van der Waals surface area contributed by atoms with Crippen LogP contribution in [0.2, 0.25) is 0 Å². The van der Waals surface area contributed by atoms with Crippen LogP contribution in [0.5, 0.6) is 11.5 Å². The van der Waals surface area contributed by atoms with E-state index in [1.165, 1.54) is 11.1 Å². The van der Waals surface area contributed by atoms with Crippen LogP contribution in [0.4, 0.5) is 0 Å². The molecule has 2 rings (SSSR count). The van der Waals surface area contributed by atoms with Crippen molar-refractivity contribution in [3.8, 4) is 11.5 Å². The first-order chi connectivity index (χ1) is 9.01. The molecule has 0 spiro atoms. The lowest BCUT2D eigenvalue weighted by molar-refractivity contribution is 0.0196. The average Bonchev–Trinajstić information content (AvgIpc) is 2.85. The molecule has 0 aliphatic carbocycles. The van der Waals surface area contributed by atoms with Gasteiger partial charge in [-0.25, -0.2) is 0 Å². The second kappa shape index (κ2) is 5.71. The van der Waals surface area contributed by atoms with E-state index in [2.05, 4.69) is 29.8 Å². The fraction of sp³-hybridized carbons (Fsp3) is 0.600. The van der Waals surface area contributed by atoms with Gasteiger partial charge < -0.3 is 14.2 Å². The zero-order valence-electron chi connectivity index (χ0n) is 12.0. The van der Waals surface area contributed by atoms with Crippen LogP contribution in [-0.2, 0) is 4.74 Å². The second-order valence-corrected chi connectivity index (χ2v) is 6.11. The Morgan fingerprint density at radius 1 is 1.26 bits per heavy atom. The highest BCUT2D eigenvalue weighted by Gasteiger charge is 2.38. The lowest BCUT2D eigenvalue weighted by atomic mass is 9.91. The van der Waals surface area contributed by atoms with E-state index in [-0.39, 0.29) is 10.4 Å². The van der Waals surface area contributed by atoms with Gasteiger partial charge in [-0.2, -0.15) is 0 Å². The van der Waals surface area contributed by atoms with Crippen molar-refractivity contribution in [3.05, 3.63) is 23.3 Å². The fourth-order valence-corrected chi connectivity index (χ4v) is 3.45. The fourth-order valence-electron chi connectivity index (χ4n) is 2.60. The van der Waals surface area contributed by atoms with Crippen molar-refractivity contribution >= 4 is 15.9 Å². The highest BCUT2D eigenvalue weighted by molar-refractivity contribution is 9.09. The maximum Gasteiger partial charge on any atom is 0.161 e. The van der Waals surface area contributed by atoms with Crippen LogP contribution in [0.1, 0.15) is 35.7 Å². The van der Waals surface area contributed by atoms with Gasteiger partial charge in [-0.05, 0) is 49.9 Å². The molecule has 2 unspecified atom stereocenters. The molecule has 1 aromatic carbocycles. The van der Waals surface area contributed by atoms with Crippen LogP contribution in [0.3, 0.4) is 0 Å². The number of ether oxygens (including phenoxy) is 3. The predicted octanol–water partition coefficient (Wildman–Crippen LogP) is 4.02. The van der Waals surface area contributed by atoms with Gasteiger partial charge in [-0.1, -0.05) is 15.9 Å². The maximum atomic E-state index is 5.92. The number of hydrogen-bond acceptors (Lipinski definition) is 3. The molecular weight excluding hydrogens is 308 g/mol. The van der Waals surface area contributed by atoms with Gasteiger partial charge in [-0.3, -0.25) is 0 Å². The highest BCUT2D eigenvalue weighted by atomic mass is 79.9. The van der Waals surface area contributed by atoms with E-state index in [4.69, 9.17) is 14.2 Å². The van der Waals surface area contributed by atoms with Gasteiger partial charge in [0.05, 0.1) is 24.6 Å². The van der Waals surface area contributed by atoms with Crippen molar-refractivity contribution in [1.82, 2.24) is 0 Å². The minimum Gasteiger partial charge on any atom is -0.493 e. The molecule has 3 nitrogen and oxygen atoms in total. The molecule has 2 atom stereocenters. The van der Waals surface area contributed by atoms with Crippen LogP contribution >= 0.6 is 15.9 Å². The highest BCUT2D eigenvalue weighted by Crippen LogP contribution is 2.46. The SMILES string of the molecule is COc1cc(C)c(C(Br)C2(C)CCCO2)cc1OC. The molecule has 19 heavy (non-hydrogen) atoms. The molecule has 1 saturated heterocycles. The summed E-state index contributed by atoms with van der Waals surface area (Å²) in [5, 5.41) is 0. The van der Waals surface area contributed by atoms with Gasteiger partial charge in [0.1, 0.15) is 0 Å².